The van der Waals surface area contributed by atoms with E-state index in [2.05, 4.69) is 26.8 Å². The maximum absolute atomic E-state index is 9.39. The second kappa shape index (κ2) is 8.11. The topological polar surface area (TPSA) is 113 Å². The number of nitrogens with one attached hydrogen (secondary N) is 2. The maximum Gasteiger partial charge on any atom is 0.229 e. The summed E-state index contributed by atoms with van der Waals surface area (Å²) in [5.41, 5.74) is 9.58. The monoisotopic (exact) mass is 374 g/mol. The van der Waals surface area contributed by atoms with Crippen LogP contribution >= 0.6 is 0 Å². The van der Waals surface area contributed by atoms with E-state index < -0.39 is 0 Å². The van der Waals surface area contributed by atoms with Crippen LogP contribution in [0.1, 0.15) is 31.4 Å². The number of nitrogens with zero attached hydrogens (tertiary/aromatic N) is 3. The summed E-state index contributed by atoms with van der Waals surface area (Å²) in [6.07, 6.45) is 6.06. The van der Waals surface area contributed by atoms with Gasteiger partial charge in [0, 0.05) is 23.7 Å². The normalized spacial score (nSPS) is 19.0. The molecular formula is C21H22N6O. The van der Waals surface area contributed by atoms with Crippen LogP contribution in [0.3, 0.4) is 0 Å². The zero-order valence-corrected chi connectivity index (χ0v) is 15.4. The van der Waals surface area contributed by atoms with Gasteiger partial charge in [0.25, 0.3) is 0 Å². The van der Waals surface area contributed by atoms with Crippen molar-refractivity contribution < 1.29 is 4.52 Å². The van der Waals surface area contributed by atoms with Gasteiger partial charge in [0.1, 0.15) is 11.8 Å². The molecule has 0 aliphatic heterocycles. The Kier molecular flexibility index (Phi) is 5.22. The first-order chi connectivity index (χ1) is 13.7. The molecule has 4 rings (SSSR count). The molecule has 2 atom stereocenters. The number of hydrogen-bond acceptors (Lipinski definition) is 7. The van der Waals surface area contributed by atoms with Crippen LogP contribution in [0.25, 0.3) is 11.3 Å². The third-order valence-electron chi connectivity index (χ3n) is 5.00. The molecule has 1 aliphatic rings. The number of rotatable bonds is 5. The predicted octanol–water partition coefficient (Wildman–Crippen LogP) is 4.03. The van der Waals surface area contributed by atoms with Gasteiger partial charge >= 0.3 is 0 Å². The minimum Gasteiger partial charge on any atom is -0.379 e. The Morgan fingerprint density at radius 3 is 2.75 bits per heavy atom. The second-order valence-electron chi connectivity index (χ2n) is 7.00. The lowest BCUT2D eigenvalue weighted by Gasteiger charge is -2.30. The molecule has 2 aromatic heterocycles. The number of aromatic nitrogens is 2. The van der Waals surface area contributed by atoms with Gasteiger partial charge in [-0.2, -0.15) is 5.26 Å². The third-order valence-corrected chi connectivity index (χ3v) is 5.00. The number of pyridine rings is 1. The van der Waals surface area contributed by atoms with Crippen molar-refractivity contribution in [2.24, 2.45) is 5.73 Å². The number of benzene rings is 1. The minimum atomic E-state index is 0.128. The van der Waals surface area contributed by atoms with Gasteiger partial charge in [0.05, 0.1) is 17.6 Å². The second-order valence-corrected chi connectivity index (χ2v) is 7.00. The van der Waals surface area contributed by atoms with Crippen molar-refractivity contribution in [3.8, 4) is 17.3 Å². The van der Waals surface area contributed by atoms with Gasteiger partial charge in [0.2, 0.25) is 5.88 Å². The van der Waals surface area contributed by atoms with E-state index in [9.17, 15) is 5.26 Å². The molecular weight excluding hydrogens is 352 g/mol. The van der Waals surface area contributed by atoms with Crippen LogP contribution in [0, 0.1) is 11.3 Å². The molecule has 1 aliphatic carbocycles. The predicted molar refractivity (Wildman–Crippen MR) is 108 cm³/mol. The van der Waals surface area contributed by atoms with Gasteiger partial charge in [-0.15, -0.1) is 0 Å². The van der Waals surface area contributed by atoms with Crippen LogP contribution in [0.2, 0.25) is 0 Å². The molecule has 0 saturated heterocycles. The van der Waals surface area contributed by atoms with Gasteiger partial charge in [-0.25, -0.2) is 4.98 Å². The highest BCUT2D eigenvalue weighted by Gasteiger charge is 2.22. The summed E-state index contributed by atoms with van der Waals surface area (Å²) in [5.74, 6) is 0.448. The summed E-state index contributed by atoms with van der Waals surface area (Å²) in [6, 6.07) is 15.9. The zero-order valence-electron chi connectivity index (χ0n) is 15.4. The fourth-order valence-electron chi connectivity index (χ4n) is 3.49. The Morgan fingerprint density at radius 2 is 1.96 bits per heavy atom. The Labute approximate surface area is 163 Å². The maximum atomic E-state index is 9.39. The lowest BCUT2D eigenvalue weighted by molar-refractivity contribution is 0.404. The van der Waals surface area contributed by atoms with Crippen molar-refractivity contribution in [1.82, 2.24) is 10.1 Å². The van der Waals surface area contributed by atoms with E-state index >= 15 is 0 Å². The van der Waals surface area contributed by atoms with Crippen LogP contribution in [0.15, 0.2) is 53.2 Å². The molecule has 1 saturated carbocycles. The van der Waals surface area contributed by atoms with Crippen molar-refractivity contribution >= 4 is 17.3 Å². The highest BCUT2D eigenvalue weighted by molar-refractivity contribution is 5.69. The third kappa shape index (κ3) is 3.97. The Balaban J connectivity index is 1.54. The molecule has 1 aromatic carbocycles. The van der Waals surface area contributed by atoms with E-state index in [4.69, 9.17) is 10.3 Å². The number of anilines is 3. The van der Waals surface area contributed by atoms with Gasteiger partial charge in [0.15, 0.2) is 5.69 Å². The van der Waals surface area contributed by atoms with E-state index in [1.807, 2.05) is 36.4 Å². The fourth-order valence-corrected chi connectivity index (χ4v) is 3.49. The van der Waals surface area contributed by atoms with E-state index in [1.165, 1.54) is 12.8 Å². The standard InChI is InChI=1S/C21H22N6O/c22-12-20-19(10-15(13-24-20)25-17-9-5-4-8-16(17)23)26-21-11-18(27-28-21)14-6-2-1-3-7-14/h1-3,6-7,10-11,13,16-17,25-26H,4-5,8-9,23H2/t16-,17+/m0/s1. The summed E-state index contributed by atoms with van der Waals surface area (Å²) in [5, 5.41) is 20.1. The highest BCUT2D eigenvalue weighted by atomic mass is 16.5. The zero-order chi connectivity index (χ0) is 19.3. The first-order valence-electron chi connectivity index (χ1n) is 9.44. The Morgan fingerprint density at radius 1 is 1.14 bits per heavy atom. The Bertz CT molecular complexity index is 978. The van der Waals surface area contributed by atoms with E-state index in [1.54, 1.807) is 12.3 Å². The molecule has 3 aromatic rings. The first kappa shape index (κ1) is 18.0. The number of nitriles is 1. The average molecular weight is 374 g/mol. The molecule has 2 heterocycles. The van der Waals surface area contributed by atoms with Crippen molar-refractivity contribution in [1.29, 1.82) is 5.26 Å². The summed E-state index contributed by atoms with van der Waals surface area (Å²) >= 11 is 0. The number of nitrogens with two attached hydrogens (primary N) is 1. The van der Waals surface area contributed by atoms with E-state index in [-0.39, 0.29) is 17.8 Å². The van der Waals surface area contributed by atoms with Crippen molar-refractivity contribution in [2.45, 2.75) is 37.8 Å². The first-order valence-corrected chi connectivity index (χ1v) is 9.44. The van der Waals surface area contributed by atoms with Crippen LogP contribution in [0.4, 0.5) is 17.3 Å². The van der Waals surface area contributed by atoms with Gasteiger partial charge in [-0.1, -0.05) is 48.3 Å². The molecule has 0 bridgehead atoms. The van der Waals surface area contributed by atoms with Crippen LogP contribution in [0.5, 0.6) is 0 Å². The molecule has 142 valence electrons. The molecule has 0 amide bonds. The largest absolute Gasteiger partial charge is 0.379 e. The quantitative estimate of drug-likeness (QED) is 0.618. The smallest absolute Gasteiger partial charge is 0.229 e. The van der Waals surface area contributed by atoms with Crippen molar-refractivity contribution in [2.75, 3.05) is 10.6 Å². The number of hydrogen-bond donors (Lipinski definition) is 3. The molecule has 0 spiro atoms. The van der Waals surface area contributed by atoms with Crippen LogP contribution < -0.4 is 16.4 Å². The van der Waals surface area contributed by atoms with Crippen molar-refractivity contribution in [3.63, 3.8) is 0 Å². The van der Waals surface area contributed by atoms with Gasteiger partial charge in [-0.3, -0.25) is 0 Å². The summed E-state index contributed by atoms with van der Waals surface area (Å²) < 4.78 is 5.39. The molecule has 0 radical (unpaired) electrons. The van der Waals surface area contributed by atoms with Crippen LogP contribution in [-0.2, 0) is 0 Å². The summed E-state index contributed by atoms with van der Waals surface area (Å²) in [7, 11) is 0. The average Bonchev–Trinajstić information content (AvgIpc) is 3.19. The molecule has 7 heteroatoms. The highest BCUT2D eigenvalue weighted by Crippen LogP contribution is 2.28. The SMILES string of the molecule is N#Cc1ncc(N[C@@H]2CCCC[C@@H]2N)cc1Nc1cc(-c2ccccc2)no1. The van der Waals surface area contributed by atoms with Gasteiger partial charge < -0.3 is 20.9 Å². The summed E-state index contributed by atoms with van der Waals surface area (Å²) in [4.78, 5) is 4.26. The molecule has 4 N–H and O–H groups in total. The summed E-state index contributed by atoms with van der Waals surface area (Å²) in [6.45, 7) is 0. The molecule has 7 nitrogen and oxygen atoms in total. The lowest BCUT2D eigenvalue weighted by atomic mass is 9.91. The fraction of sp³-hybridized carbons (Fsp3) is 0.286. The molecule has 28 heavy (non-hydrogen) atoms. The molecule has 1 fully saturated rings. The van der Waals surface area contributed by atoms with Crippen molar-refractivity contribution in [3.05, 3.63) is 54.4 Å². The molecule has 0 unspecified atom stereocenters. The van der Waals surface area contributed by atoms with Crippen LogP contribution in [-0.4, -0.2) is 22.2 Å². The van der Waals surface area contributed by atoms with E-state index in [0.717, 1.165) is 29.8 Å². The minimum absolute atomic E-state index is 0.128. The van der Waals surface area contributed by atoms with Gasteiger partial charge in [-0.05, 0) is 18.9 Å². The Hall–Kier alpha value is -3.37. The van der Waals surface area contributed by atoms with E-state index in [0.29, 0.717) is 11.6 Å². The lowest BCUT2D eigenvalue weighted by Crippen LogP contribution is -2.42.